The summed E-state index contributed by atoms with van der Waals surface area (Å²) in [5, 5.41) is 3.26. The van der Waals surface area contributed by atoms with E-state index < -0.39 is 0 Å². The number of methoxy groups -OCH3 is 1. The Morgan fingerprint density at radius 3 is 2.87 bits per heavy atom. The van der Waals surface area contributed by atoms with Crippen LogP contribution >= 0.6 is 0 Å². The predicted octanol–water partition coefficient (Wildman–Crippen LogP) is 1.10. The first-order valence-electron chi connectivity index (χ1n) is 5.64. The van der Waals surface area contributed by atoms with Gasteiger partial charge in [0.1, 0.15) is 6.04 Å². The molecule has 0 saturated carbocycles. The quantitative estimate of drug-likeness (QED) is 0.698. The molecule has 0 aromatic rings. The molecular formula is C11H21NO3. The van der Waals surface area contributed by atoms with Gasteiger partial charge < -0.3 is 9.47 Å². The van der Waals surface area contributed by atoms with Crippen molar-refractivity contribution in [2.75, 3.05) is 13.7 Å². The molecule has 0 amide bonds. The van der Waals surface area contributed by atoms with Crippen molar-refractivity contribution in [3.05, 3.63) is 0 Å². The van der Waals surface area contributed by atoms with Gasteiger partial charge in [-0.2, -0.15) is 0 Å². The second kappa shape index (κ2) is 6.08. The molecule has 1 aliphatic rings. The molecule has 1 heterocycles. The van der Waals surface area contributed by atoms with E-state index in [1.54, 1.807) is 0 Å². The van der Waals surface area contributed by atoms with E-state index in [9.17, 15) is 4.79 Å². The highest BCUT2D eigenvalue weighted by Gasteiger charge is 2.26. The zero-order valence-electron chi connectivity index (χ0n) is 9.79. The normalized spacial score (nSPS) is 24.9. The molecule has 3 atom stereocenters. The Balaban J connectivity index is 2.39. The van der Waals surface area contributed by atoms with Crippen molar-refractivity contribution in [1.82, 2.24) is 5.32 Å². The molecule has 88 valence electrons. The van der Waals surface area contributed by atoms with Crippen molar-refractivity contribution in [1.29, 1.82) is 0 Å². The van der Waals surface area contributed by atoms with E-state index in [0.29, 0.717) is 0 Å². The van der Waals surface area contributed by atoms with E-state index in [4.69, 9.17) is 9.47 Å². The van der Waals surface area contributed by atoms with Gasteiger partial charge in [-0.25, -0.2) is 0 Å². The Bertz CT molecular complexity index is 202. The van der Waals surface area contributed by atoms with E-state index in [2.05, 4.69) is 12.2 Å². The molecule has 0 aromatic heterocycles. The number of hydrogen-bond donors (Lipinski definition) is 1. The molecule has 1 rings (SSSR count). The zero-order chi connectivity index (χ0) is 11.3. The topological polar surface area (TPSA) is 47.6 Å². The molecule has 0 radical (unpaired) electrons. The third kappa shape index (κ3) is 3.47. The van der Waals surface area contributed by atoms with Crippen LogP contribution in [-0.2, 0) is 14.3 Å². The maximum Gasteiger partial charge on any atom is 0.322 e. The highest BCUT2D eigenvalue weighted by atomic mass is 16.5. The summed E-state index contributed by atoms with van der Waals surface area (Å²) in [6.07, 6.45) is 3.17. The molecule has 1 saturated heterocycles. The number of carbonyl (C=O) groups is 1. The first-order valence-corrected chi connectivity index (χ1v) is 5.64. The SMILES string of the molecule is CCC(NC(C)C1CCCO1)C(=O)OC. The van der Waals surface area contributed by atoms with Gasteiger partial charge in [0.15, 0.2) is 0 Å². The van der Waals surface area contributed by atoms with Gasteiger partial charge in [0.25, 0.3) is 0 Å². The van der Waals surface area contributed by atoms with Gasteiger partial charge in [0.05, 0.1) is 13.2 Å². The van der Waals surface area contributed by atoms with Crippen LogP contribution in [-0.4, -0.2) is 37.9 Å². The average molecular weight is 215 g/mol. The Morgan fingerprint density at radius 2 is 2.40 bits per heavy atom. The monoisotopic (exact) mass is 215 g/mol. The van der Waals surface area contributed by atoms with Crippen LogP contribution in [0.25, 0.3) is 0 Å². The minimum absolute atomic E-state index is 0.192. The summed E-state index contributed by atoms with van der Waals surface area (Å²) in [5.41, 5.74) is 0. The number of rotatable bonds is 5. The fourth-order valence-electron chi connectivity index (χ4n) is 1.92. The summed E-state index contributed by atoms with van der Waals surface area (Å²) in [6, 6.07) is -0.00856. The van der Waals surface area contributed by atoms with Crippen molar-refractivity contribution in [2.45, 2.75) is 51.3 Å². The van der Waals surface area contributed by atoms with Gasteiger partial charge >= 0.3 is 5.97 Å². The van der Waals surface area contributed by atoms with Crippen molar-refractivity contribution in [3.63, 3.8) is 0 Å². The lowest BCUT2D eigenvalue weighted by atomic mass is 10.1. The lowest BCUT2D eigenvalue weighted by Gasteiger charge is -2.24. The summed E-state index contributed by atoms with van der Waals surface area (Å²) >= 11 is 0. The van der Waals surface area contributed by atoms with Crippen LogP contribution in [0, 0.1) is 0 Å². The molecule has 3 unspecified atom stereocenters. The fraction of sp³-hybridized carbons (Fsp3) is 0.909. The molecule has 1 aliphatic heterocycles. The molecular weight excluding hydrogens is 194 g/mol. The lowest BCUT2D eigenvalue weighted by Crippen LogP contribution is -2.47. The minimum atomic E-state index is -0.214. The minimum Gasteiger partial charge on any atom is -0.468 e. The fourth-order valence-corrected chi connectivity index (χ4v) is 1.92. The molecule has 0 bridgehead atoms. The Hall–Kier alpha value is -0.610. The van der Waals surface area contributed by atoms with Crippen LogP contribution in [0.1, 0.15) is 33.1 Å². The molecule has 0 aliphatic carbocycles. The molecule has 1 N–H and O–H groups in total. The summed E-state index contributed by atoms with van der Waals surface area (Å²) in [4.78, 5) is 11.4. The summed E-state index contributed by atoms with van der Waals surface area (Å²) < 4.78 is 10.3. The summed E-state index contributed by atoms with van der Waals surface area (Å²) in [5.74, 6) is -0.192. The second-order valence-electron chi connectivity index (χ2n) is 3.99. The third-order valence-corrected chi connectivity index (χ3v) is 2.88. The molecule has 1 fully saturated rings. The van der Waals surface area contributed by atoms with Crippen molar-refractivity contribution >= 4 is 5.97 Å². The van der Waals surface area contributed by atoms with E-state index >= 15 is 0 Å². The largest absolute Gasteiger partial charge is 0.468 e. The third-order valence-electron chi connectivity index (χ3n) is 2.88. The molecule has 0 aromatic carbocycles. The smallest absolute Gasteiger partial charge is 0.322 e. The van der Waals surface area contributed by atoms with Crippen molar-refractivity contribution < 1.29 is 14.3 Å². The number of hydrogen-bond acceptors (Lipinski definition) is 4. The van der Waals surface area contributed by atoms with Gasteiger partial charge in [-0.1, -0.05) is 6.92 Å². The van der Waals surface area contributed by atoms with Crippen LogP contribution in [0.2, 0.25) is 0 Å². The maximum atomic E-state index is 11.4. The molecule has 4 nitrogen and oxygen atoms in total. The van der Waals surface area contributed by atoms with E-state index in [1.807, 2.05) is 6.92 Å². The van der Waals surface area contributed by atoms with Gasteiger partial charge in [-0.15, -0.1) is 0 Å². The van der Waals surface area contributed by atoms with Crippen LogP contribution in [0.4, 0.5) is 0 Å². The number of carbonyl (C=O) groups excluding carboxylic acids is 1. The summed E-state index contributed by atoms with van der Waals surface area (Å²) in [6.45, 7) is 4.87. The maximum absolute atomic E-state index is 11.4. The Morgan fingerprint density at radius 1 is 1.67 bits per heavy atom. The van der Waals surface area contributed by atoms with Crippen LogP contribution in [0.15, 0.2) is 0 Å². The Kier molecular flexibility index (Phi) is 5.05. The van der Waals surface area contributed by atoms with E-state index in [0.717, 1.165) is 25.9 Å². The Labute approximate surface area is 91.3 Å². The summed E-state index contributed by atoms with van der Waals surface area (Å²) in [7, 11) is 1.42. The average Bonchev–Trinajstić information content (AvgIpc) is 2.77. The first-order chi connectivity index (χ1) is 7.19. The van der Waals surface area contributed by atoms with Crippen LogP contribution < -0.4 is 5.32 Å². The highest BCUT2D eigenvalue weighted by molar-refractivity contribution is 5.75. The van der Waals surface area contributed by atoms with Crippen LogP contribution in [0.3, 0.4) is 0 Å². The number of esters is 1. The van der Waals surface area contributed by atoms with Crippen LogP contribution in [0.5, 0.6) is 0 Å². The predicted molar refractivity (Wildman–Crippen MR) is 57.7 cm³/mol. The number of ether oxygens (including phenoxy) is 2. The zero-order valence-corrected chi connectivity index (χ0v) is 9.79. The molecule has 4 heteroatoms. The van der Waals surface area contributed by atoms with E-state index in [-0.39, 0.29) is 24.2 Å². The molecule has 0 spiro atoms. The van der Waals surface area contributed by atoms with Crippen molar-refractivity contribution in [2.24, 2.45) is 0 Å². The van der Waals surface area contributed by atoms with E-state index in [1.165, 1.54) is 7.11 Å². The second-order valence-corrected chi connectivity index (χ2v) is 3.99. The van der Waals surface area contributed by atoms with Crippen molar-refractivity contribution in [3.8, 4) is 0 Å². The van der Waals surface area contributed by atoms with Gasteiger partial charge in [0, 0.05) is 12.6 Å². The molecule has 15 heavy (non-hydrogen) atoms. The lowest BCUT2D eigenvalue weighted by molar-refractivity contribution is -0.143. The van der Waals surface area contributed by atoms with Gasteiger partial charge in [-0.05, 0) is 26.2 Å². The number of nitrogens with one attached hydrogen (secondary N) is 1. The van der Waals surface area contributed by atoms with Gasteiger partial charge in [0.2, 0.25) is 0 Å². The standard InChI is InChI=1S/C11H21NO3/c1-4-9(11(13)14-3)12-8(2)10-6-5-7-15-10/h8-10,12H,4-7H2,1-3H3. The first kappa shape index (κ1) is 12.5. The highest BCUT2D eigenvalue weighted by Crippen LogP contribution is 2.16. The van der Waals surface area contributed by atoms with Gasteiger partial charge in [-0.3, -0.25) is 10.1 Å².